The van der Waals surface area contributed by atoms with E-state index >= 15 is 0 Å². The van der Waals surface area contributed by atoms with Gasteiger partial charge in [-0.15, -0.1) is 24.8 Å². The minimum atomic E-state index is -0.375. The van der Waals surface area contributed by atoms with Crippen LogP contribution in [0.5, 0.6) is 5.75 Å². The molecule has 0 spiro atoms. The molecule has 0 bridgehead atoms. The maximum Gasteiger partial charge on any atom is 0.246 e. The molecule has 0 saturated carbocycles. The van der Waals surface area contributed by atoms with Crippen molar-refractivity contribution in [2.75, 3.05) is 26.7 Å². The van der Waals surface area contributed by atoms with Crippen molar-refractivity contribution in [3.8, 4) is 5.75 Å². The Kier molecular flexibility index (Phi) is 7.89. The molecule has 158 valence electrons. The van der Waals surface area contributed by atoms with Gasteiger partial charge in [-0.25, -0.2) is 9.97 Å². The first kappa shape index (κ1) is 23.0. The average molecular weight is 441 g/mol. The van der Waals surface area contributed by atoms with Gasteiger partial charge in [0.05, 0.1) is 30.2 Å². The summed E-state index contributed by atoms with van der Waals surface area (Å²) in [5.74, 6) is 1.71. The van der Waals surface area contributed by atoms with Crippen molar-refractivity contribution < 1.29 is 9.53 Å². The standard InChI is InChI=1S/C19H24N6O2.2ClH/c1-3-25(19(26)18-17-14(6-8-20-18)21-11-22-17)9-7-16-23-13-5-4-12(27-2)10-15(13)24-16;;/h4-5,10-11,18,20H,3,6-9H2,1-2H3,(H,21,22)(H,23,24);2*1H. The molecule has 3 heterocycles. The van der Waals surface area contributed by atoms with Gasteiger partial charge in [0.1, 0.15) is 17.6 Å². The molecule has 8 nitrogen and oxygen atoms in total. The van der Waals surface area contributed by atoms with Gasteiger partial charge in [-0.2, -0.15) is 0 Å². The molecule has 1 unspecified atom stereocenters. The minimum Gasteiger partial charge on any atom is -0.497 e. The number of fused-ring (bicyclic) bond motifs is 2. The molecule has 29 heavy (non-hydrogen) atoms. The Hall–Kier alpha value is -2.29. The van der Waals surface area contributed by atoms with Gasteiger partial charge in [-0.3, -0.25) is 4.79 Å². The Bertz CT molecular complexity index is 957. The summed E-state index contributed by atoms with van der Waals surface area (Å²) in [4.78, 5) is 30.3. The molecule has 0 fully saturated rings. The fourth-order valence-corrected chi connectivity index (χ4v) is 3.56. The van der Waals surface area contributed by atoms with E-state index in [-0.39, 0.29) is 36.8 Å². The average Bonchev–Trinajstić information content (AvgIpc) is 3.33. The first-order valence-corrected chi connectivity index (χ1v) is 9.26. The first-order valence-electron chi connectivity index (χ1n) is 9.26. The third-order valence-corrected chi connectivity index (χ3v) is 5.05. The monoisotopic (exact) mass is 440 g/mol. The number of aromatic nitrogens is 4. The second-order valence-corrected chi connectivity index (χ2v) is 6.64. The van der Waals surface area contributed by atoms with Crippen LogP contribution in [0.1, 0.15) is 30.2 Å². The van der Waals surface area contributed by atoms with Crippen molar-refractivity contribution in [3.63, 3.8) is 0 Å². The molecule has 1 amide bonds. The molecule has 0 radical (unpaired) electrons. The number of methoxy groups -OCH3 is 1. The predicted molar refractivity (Wildman–Crippen MR) is 116 cm³/mol. The van der Waals surface area contributed by atoms with Crippen molar-refractivity contribution in [2.45, 2.75) is 25.8 Å². The van der Waals surface area contributed by atoms with Gasteiger partial charge in [-0.1, -0.05) is 0 Å². The van der Waals surface area contributed by atoms with E-state index < -0.39 is 0 Å². The summed E-state index contributed by atoms with van der Waals surface area (Å²) in [6, 6.07) is 5.38. The van der Waals surface area contributed by atoms with Gasteiger partial charge in [0, 0.05) is 44.2 Å². The lowest BCUT2D eigenvalue weighted by Gasteiger charge is -2.28. The van der Waals surface area contributed by atoms with Crippen molar-refractivity contribution in [1.82, 2.24) is 30.2 Å². The second-order valence-electron chi connectivity index (χ2n) is 6.64. The van der Waals surface area contributed by atoms with Gasteiger partial charge in [0.2, 0.25) is 5.91 Å². The van der Waals surface area contributed by atoms with E-state index in [1.54, 1.807) is 13.4 Å². The zero-order chi connectivity index (χ0) is 18.8. The predicted octanol–water partition coefficient (Wildman–Crippen LogP) is 2.42. The molecule has 2 aromatic heterocycles. The highest BCUT2D eigenvalue weighted by Gasteiger charge is 2.31. The number of hydrogen-bond donors (Lipinski definition) is 3. The molecule has 0 aliphatic carbocycles. The lowest BCUT2D eigenvalue weighted by atomic mass is 10.0. The van der Waals surface area contributed by atoms with E-state index in [2.05, 4.69) is 25.3 Å². The lowest BCUT2D eigenvalue weighted by Crippen LogP contribution is -2.44. The lowest BCUT2D eigenvalue weighted by molar-refractivity contribution is -0.133. The number of ether oxygens (including phenoxy) is 1. The number of nitrogens with one attached hydrogen (secondary N) is 3. The molecular weight excluding hydrogens is 415 g/mol. The van der Waals surface area contributed by atoms with Crippen LogP contribution in [-0.4, -0.2) is 57.5 Å². The Morgan fingerprint density at radius 1 is 1.34 bits per heavy atom. The van der Waals surface area contributed by atoms with E-state index in [9.17, 15) is 4.79 Å². The van der Waals surface area contributed by atoms with Crippen molar-refractivity contribution >= 4 is 41.8 Å². The highest BCUT2D eigenvalue weighted by molar-refractivity contribution is 5.85. The van der Waals surface area contributed by atoms with Crippen LogP contribution < -0.4 is 10.1 Å². The molecule has 3 N–H and O–H groups in total. The number of carbonyl (C=O) groups excluding carboxylic acids is 1. The van der Waals surface area contributed by atoms with Crippen LogP contribution in [0, 0.1) is 0 Å². The summed E-state index contributed by atoms with van der Waals surface area (Å²) >= 11 is 0. The Labute approximate surface area is 181 Å². The summed E-state index contributed by atoms with van der Waals surface area (Å²) < 4.78 is 5.25. The normalized spacial score (nSPS) is 15.2. The third-order valence-electron chi connectivity index (χ3n) is 5.05. The van der Waals surface area contributed by atoms with Crippen molar-refractivity contribution in [3.05, 3.63) is 41.7 Å². The molecule has 1 aliphatic heterocycles. The number of hydrogen-bond acceptors (Lipinski definition) is 5. The van der Waals surface area contributed by atoms with Crippen LogP contribution in [-0.2, 0) is 17.6 Å². The number of imidazole rings is 2. The number of benzene rings is 1. The van der Waals surface area contributed by atoms with Gasteiger partial charge in [0.25, 0.3) is 0 Å². The largest absolute Gasteiger partial charge is 0.497 e. The van der Waals surface area contributed by atoms with Gasteiger partial charge < -0.3 is 24.9 Å². The highest BCUT2D eigenvalue weighted by Crippen LogP contribution is 2.22. The van der Waals surface area contributed by atoms with Crippen LogP contribution in [0.2, 0.25) is 0 Å². The molecular formula is C19H26Cl2N6O2. The van der Waals surface area contributed by atoms with E-state index in [0.717, 1.165) is 47.0 Å². The number of aromatic amines is 2. The maximum absolute atomic E-state index is 13.0. The topological polar surface area (TPSA) is 98.9 Å². The highest BCUT2D eigenvalue weighted by atomic mass is 35.5. The fourth-order valence-electron chi connectivity index (χ4n) is 3.56. The molecule has 10 heteroatoms. The number of halogens is 2. The van der Waals surface area contributed by atoms with E-state index in [1.807, 2.05) is 30.0 Å². The first-order chi connectivity index (χ1) is 13.2. The van der Waals surface area contributed by atoms with Crippen LogP contribution in [0.15, 0.2) is 24.5 Å². The van der Waals surface area contributed by atoms with Crippen LogP contribution in [0.4, 0.5) is 0 Å². The number of rotatable bonds is 6. The fraction of sp³-hybridized carbons (Fsp3) is 0.421. The molecule has 1 aliphatic rings. The molecule has 1 atom stereocenters. The number of amides is 1. The number of nitrogens with zero attached hydrogens (tertiary/aromatic N) is 3. The van der Waals surface area contributed by atoms with Gasteiger partial charge >= 0.3 is 0 Å². The van der Waals surface area contributed by atoms with E-state index in [0.29, 0.717) is 19.5 Å². The summed E-state index contributed by atoms with van der Waals surface area (Å²) in [6.07, 6.45) is 3.20. The Balaban J connectivity index is 0.00000150. The minimum absolute atomic E-state index is 0. The summed E-state index contributed by atoms with van der Waals surface area (Å²) in [7, 11) is 1.65. The molecule has 1 aromatic carbocycles. The summed E-state index contributed by atoms with van der Waals surface area (Å²) in [5, 5.41) is 3.30. The maximum atomic E-state index is 13.0. The zero-order valence-corrected chi connectivity index (χ0v) is 18.0. The number of H-pyrrole nitrogens is 2. The Morgan fingerprint density at radius 3 is 2.93 bits per heavy atom. The molecule has 4 rings (SSSR count). The summed E-state index contributed by atoms with van der Waals surface area (Å²) in [6.45, 7) is 4.01. The van der Waals surface area contributed by atoms with Gasteiger partial charge in [0.15, 0.2) is 0 Å². The van der Waals surface area contributed by atoms with Crippen LogP contribution in [0.25, 0.3) is 11.0 Å². The van der Waals surface area contributed by atoms with Gasteiger partial charge in [-0.05, 0) is 19.1 Å². The quantitative estimate of drug-likeness (QED) is 0.546. The zero-order valence-electron chi connectivity index (χ0n) is 16.4. The molecule has 0 saturated heterocycles. The number of likely N-dealkylation sites (N-methyl/N-ethyl adjacent to an activating group) is 1. The van der Waals surface area contributed by atoms with E-state index in [1.165, 1.54) is 0 Å². The van der Waals surface area contributed by atoms with Crippen molar-refractivity contribution in [1.29, 1.82) is 0 Å². The van der Waals surface area contributed by atoms with Crippen molar-refractivity contribution in [2.24, 2.45) is 0 Å². The third kappa shape index (κ3) is 4.66. The van der Waals surface area contributed by atoms with Crippen LogP contribution in [0.3, 0.4) is 0 Å². The molecule has 3 aromatic rings. The second kappa shape index (κ2) is 9.96. The number of carbonyl (C=O) groups is 1. The Morgan fingerprint density at radius 2 is 2.17 bits per heavy atom. The van der Waals surface area contributed by atoms with Crippen LogP contribution >= 0.6 is 24.8 Å². The SMILES string of the molecule is CCN(CCc1nc2ccc(OC)cc2[nH]1)C(=O)C1NCCc2[nH]cnc21.Cl.Cl. The smallest absolute Gasteiger partial charge is 0.246 e. The van der Waals surface area contributed by atoms with E-state index in [4.69, 9.17) is 4.74 Å². The summed E-state index contributed by atoms with van der Waals surface area (Å²) in [5.41, 5.74) is 3.71.